The van der Waals surface area contributed by atoms with E-state index in [1.165, 1.54) is 6.07 Å². The summed E-state index contributed by atoms with van der Waals surface area (Å²) in [5.74, 6) is -0.751. The molecule has 10 heteroatoms. The van der Waals surface area contributed by atoms with E-state index in [1.807, 2.05) is 48.9 Å². The number of carbonyl (C=O) groups excluding carboxylic acids is 1. The fraction of sp³-hybridized carbons (Fsp3) is 0.292. The van der Waals surface area contributed by atoms with Crippen LogP contribution < -0.4 is 4.90 Å². The maximum Gasteiger partial charge on any atom is 0.228 e. The predicted octanol–water partition coefficient (Wildman–Crippen LogP) is 6.65. The zero-order valence-corrected chi connectivity index (χ0v) is 21.1. The van der Waals surface area contributed by atoms with Crippen LogP contribution in [0.3, 0.4) is 0 Å². The van der Waals surface area contributed by atoms with Crippen LogP contribution in [-0.2, 0) is 11.3 Å². The smallest absolute Gasteiger partial charge is 0.228 e. The monoisotopic (exact) mass is 520 g/mol. The summed E-state index contributed by atoms with van der Waals surface area (Å²) >= 11 is 8.69. The minimum absolute atomic E-state index is 0.0728. The number of hydrogen-bond acceptors (Lipinski definition) is 5. The first-order valence-electron chi connectivity index (χ1n) is 10.8. The zero-order chi connectivity index (χ0) is 24.2. The van der Waals surface area contributed by atoms with Crippen molar-refractivity contribution < 1.29 is 13.6 Å². The van der Waals surface area contributed by atoms with E-state index in [9.17, 15) is 13.6 Å². The third kappa shape index (κ3) is 5.95. The van der Waals surface area contributed by atoms with Crippen LogP contribution in [0.25, 0.3) is 10.2 Å². The van der Waals surface area contributed by atoms with Crippen molar-refractivity contribution >= 4 is 56.0 Å². The minimum atomic E-state index is -0.734. The molecule has 0 aliphatic rings. The summed E-state index contributed by atoms with van der Waals surface area (Å²) in [6.07, 6.45) is 0.973. The summed E-state index contributed by atoms with van der Waals surface area (Å²) in [6.45, 7) is 4.67. The standard InChI is InChI=1S/C24H23ClF2N4OS2/c1-15-12-16(2)31(29-15)10-9-30(24-28-23-20(27)13-18(26)14-21(23)34-24)22(32)4-3-11-33-19-7-5-17(25)6-8-19/h5-8,12-14H,3-4,9-11H2,1-2H3. The maximum absolute atomic E-state index is 14.2. The predicted molar refractivity (Wildman–Crippen MR) is 135 cm³/mol. The van der Waals surface area contributed by atoms with E-state index in [0.29, 0.717) is 40.8 Å². The lowest BCUT2D eigenvalue weighted by atomic mass is 10.3. The van der Waals surface area contributed by atoms with Crippen molar-refractivity contribution in [3.8, 4) is 0 Å². The van der Waals surface area contributed by atoms with Crippen LogP contribution >= 0.6 is 34.7 Å². The summed E-state index contributed by atoms with van der Waals surface area (Å²) in [4.78, 5) is 20.2. The molecule has 2 heterocycles. The van der Waals surface area contributed by atoms with Crippen molar-refractivity contribution in [1.82, 2.24) is 14.8 Å². The first-order valence-corrected chi connectivity index (χ1v) is 12.9. The van der Waals surface area contributed by atoms with Gasteiger partial charge in [0, 0.05) is 34.6 Å². The number of carbonyl (C=O) groups is 1. The second-order valence-corrected chi connectivity index (χ2v) is 10.4. The Kier molecular flexibility index (Phi) is 7.85. The number of fused-ring (bicyclic) bond motifs is 1. The summed E-state index contributed by atoms with van der Waals surface area (Å²) in [5.41, 5.74) is 1.96. The van der Waals surface area contributed by atoms with Gasteiger partial charge in [0.15, 0.2) is 10.9 Å². The van der Waals surface area contributed by atoms with Crippen molar-refractivity contribution in [2.24, 2.45) is 0 Å². The molecule has 178 valence electrons. The first-order chi connectivity index (χ1) is 16.3. The lowest BCUT2D eigenvalue weighted by Crippen LogP contribution is -2.34. The van der Waals surface area contributed by atoms with Gasteiger partial charge in [0.25, 0.3) is 0 Å². The number of aryl methyl sites for hydroxylation is 2. The molecule has 0 aliphatic heterocycles. The van der Waals surface area contributed by atoms with Crippen LogP contribution in [0.15, 0.2) is 47.4 Å². The average Bonchev–Trinajstić information content (AvgIpc) is 3.35. The zero-order valence-electron chi connectivity index (χ0n) is 18.7. The molecule has 5 nitrogen and oxygen atoms in total. The second-order valence-electron chi connectivity index (χ2n) is 7.83. The van der Waals surface area contributed by atoms with E-state index >= 15 is 0 Å². The van der Waals surface area contributed by atoms with Gasteiger partial charge in [-0.2, -0.15) is 5.10 Å². The number of halogens is 3. The summed E-state index contributed by atoms with van der Waals surface area (Å²) < 4.78 is 30.1. The van der Waals surface area contributed by atoms with Gasteiger partial charge in [0.1, 0.15) is 11.3 Å². The number of anilines is 1. The van der Waals surface area contributed by atoms with E-state index < -0.39 is 11.6 Å². The molecule has 34 heavy (non-hydrogen) atoms. The van der Waals surface area contributed by atoms with Gasteiger partial charge in [-0.1, -0.05) is 22.9 Å². The van der Waals surface area contributed by atoms with Crippen molar-refractivity contribution in [2.45, 2.75) is 38.1 Å². The molecule has 0 saturated carbocycles. The number of hydrogen-bond donors (Lipinski definition) is 0. The topological polar surface area (TPSA) is 51.0 Å². The molecule has 0 radical (unpaired) electrons. The van der Waals surface area contributed by atoms with Gasteiger partial charge < -0.3 is 0 Å². The molecular weight excluding hydrogens is 498 g/mol. The normalized spacial score (nSPS) is 11.3. The Morgan fingerprint density at radius 1 is 1.18 bits per heavy atom. The number of thioether (sulfide) groups is 1. The average molecular weight is 521 g/mol. The van der Waals surface area contributed by atoms with Crippen molar-refractivity contribution in [3.63, 3.8) is 0 Å². The molecule has 1 amide bonds. The van der Waals surface area contributed by atoms with Crippen molar-refractivity contribution in [3.05, 3.63) is 70.5 Å². The highest BCUT2D eigenvalue weighted by molar-refractivity contribution is 7.99. The van der Waals surface area contributed by atoms with Gasteiger partial charge >= 0.3 is 0 Å². The van der Waals surface area contributed by atoms with Crippen LogP contribution in [0.5, 0.6) is 0 Å². The van der Waals surface area contributed by atoms with E-state index in [0.717, 1.165) is 39.4 Å². The highest BCUT2D eigenvalue weighted by Gasteiger charge is 2.21. The highest BCUT2D eigenvalue weighted by atomic mass is 35.5. The Bertz CT molecular complexity index is 1310. The molecule has 0 saturated heterocycles. The third-order valence-corrected chi connectivity index (χ3v) is 7.57. The van der Waals surface area contributed by atoms with Gasteiger partial charge in [-0.05, 0) is 62.4 Å². The largest absolute Gasteiger partial charge is 0.286 e. The fourth-order valence-electron chi connectivity index (χ4n) is 3.56. The van der Waals surface area contributed by atoms with E-state index in [1.54, 1.807) is 16.7 Å². The molecular formula is C24H23ClF2N4OS2. The molecule has 0 fully saturated rings. The number of thiazole rings is 1. The van der Waals surface area contributed by atoms with E-state index in [4.69, 9.17) is 11.6 Å². The molecule has 2 aromatic carbocycles. The first kappa shape index (κ1) is 24.6. The molecule has 4 rings (SSSR count). The van der Waals surface area contributed by atoms with Crippen molar-refractivity contribution in [1.29, 1.82) is 0 Å². The lowest BCUT2D eigenvalue weighted by molar-refractivity contribution is -0.118. The fourth-order valence-corrected chi connectivity index (χ4v) is 5.59. The summed E-state index contributed by atoms with van der Waals surface area (Å²) in [6, 6.07) is 11.6. The summed E-state index contributed by atoms with van der Waals surface area (Å²) in [5, 5.41) is 5.50. The molecule has 2 aromatic heterocycles. The molecule has 0 spiro atoms. The van der Waals surface area contributed by atoms with Crippen molar-refractivity contribution in [2.75, 3.05) is 17.2 Å². The number of benzene rings is 2. The third-order valence-electron chi connectivity index (χ3n) is 5.19. The maximum atomic E-state index is 14.2. The van der Waals surface area contributed by atoms with Crippen LogP contribution in [-0.4, -0.2) is 33.0 Å². The minimum Gasteiger partial charge on any atom is -0.286 e. The van der Waals surface area contributed by atoms with Gasteiger partial charge in [-0.25, -0.2) is 13.8 Å². The van der Waals surface area contributed by atoms with Crippen LogP contribution in [0.1, 0.15) is 24.2 Å². The Hall–Kier alpha value is -2.49. The molecule has 4 aromatic rings. The molecule has 0 bridgehead atoms. The van der Waals surface area contributed by atoms with Gasteiger partial charge in [0.05, 0.1) is 16.9 Å². The SMILES string of the molecule is Cc1cc(C)n(CCN(C(=O)CCCSc2ccc(Cl)cc2)c2nc3c(F)cc(F)cc3s2)n1. The Labute approximate surface area is 209 Å². The van der Waals surface area contributed by atoms with Gasteiger partial charge in [-0.15, -0.1) is 11.8 Å². The quantitative estimate of drug-likeness (QED) is 0.183. The van der Waals surface area contributed by atoms with E-state index in [-0.39, 0.29) is 11.4 Å². The second kappa shape index (κ2) is 10.8. The molecule has 0 aliphatic carbocycles. The van der Waals surface area contributed by atoms with Crippen LogP contribution in [0, 0.1) is 25.5 Å². The molecule has 0 unspecified atom stereocenters. The Morgan fingerprint density at radius 2 is 1.94 bits per heavy atom. The number of aromatic nitrogens is 3. The number of amides is 1. The van der Waals surface area contributed by atoms with Gasteiger partial charge in [0.2, 0.25) is 5.91 Å². The van der Waals surface area contributed by atoms with Crippen LogP contribution in [0.2, 0.25) is 5.02 Å². The Balaban J connectivity index is 1.48. The highest BCUT2D eigenvalue weighted by Crippen LogP contribution is 2.32. The number of rotatable bonds is 9. The van der Waals surface area contributed by atoms with Crippen LogP contribution in [0.4, 0.5) is 13.9 Å². The van der Waals surface area contributed by atoms with Gasteiger partial charge in [-0.3, -0.25) is 14.4 Å². The summed E-state index contributed by atoms with van der Waals surface area (Å²) in [7, 11) is 0. The lowest BCUT2D eigenvalue weighted by Gasteiger charge is -2.20. The Morgan fingerprint density at radius 3 is 2.65 bits per heavy atom. The van der Waals surface area contributed by atoms with E-state index in [2.05, 4.69) is 10.1 Å². The number of nitrogens with zero attached hydrogens (tertiary/aromatic N) is 4. The molecule has 0 N–H and O–H groups in total. The molecule has 0 atom stereocenters.